The standard InChI is InChI=1S/C16H19N5O2/c1-17-15-18-13-12(14(22)20(3)16(23)19(13)2)21(15)10-9-11-7-5-4-6-8-11/h4-8H,9-10H2,1-3H3,(H,17,18). The summed E-state index contributed by atoms with van der Waals surface area (Å²) in [6, 6.07) is 10.0. The zero-order chi connectivity index (χ0) is 16.6. The van der Waals surface area contributed by atoms with E-state index in [4.69, 9.17) is 0 Å². The van der Waals surface area contributed by atoms with Gasteiger partial charge in [0.15, 0.2) is 11.2 Å². The lowest BCUT2D eigenvalue weighted by Gasteiger charge is -2.09. The van der Waals surface area contributed by atoms with Crippen molar-refractivity contribution in [1.82, 2.24) is 18.7 Å². The van der Waals surface area contributed by atoms with Gasteiger partial charge in [0.05, 0.1) is 0 Å². The molecule has 7 nitrogen and oxygen atoms in total. The number of nitrogens with zero attached hydrogens (tertiary/aromatic N) is 4. The van der Waals surface area contributed by atoms with Crippen molar-refractivity contribution in [2.24, 2.45) is 14.1 Å². The molecule has 120 valence electrons. The van der Waals surface area contributed by atoms with Crippen molar-refractivity contribution in [3.8, 4) is 0 Å². The van der Waals surface area contributed by atoms with Crippen molar-refractivity contribution in [1.29, 1.82) is 0 Å². The van der Waals surface area contributed by atoms with Crippen LogP contribution in [0.4, 0.5) is 5.95 Å². The van der Waals surface area contributed by atoms with E-state index in [-0.39, 0.29) is 11.2 Å². The minimum atomic E-state index is -0.377. The molecule has 1 N–H and O–H groups in total. The third-order valence-electron chi connectivity index (χ3n) is 4.04. The van der Waals surface area contributed by atoms with Gasteiger partial charge in [-0.05, 0) is 12.0 Å². The first-order chi connectivity index (χ1) is 11.0. The first kappa shape index (κ1) is 15.1. The van der Waals surface area contributed by atoms with Gasteiger partial charge in [0.2, 0.25) is 5.95 Å². The van der Waals surface area contributed by atoms with Crippen LogP contribution in [0.3, 0.4) is 0 Å². The summed E-state index contributed by atoms with van der Waals surface area (Å²) in [5.74, 6) is 0.578. The molecule has 1 aromatic carbocycles. The molecule has 2 aromatic heterocycles. The Morgan fingerprint density at radius 2 is 1.78 bits per heavy atom. The molecule has 0 unspecified atom stereocenters. The zero-order valence-corrected chi connectivity index (χ0v) is 13.4. The van der Waals surface area contributed by atoms with E-state index < -0.39 is 0 Å². The summed E-state index contributed by atoms with van der Waals surface area (Å²) >= 11 is 0. The highest BCUT2D eigenvalue weighted by Crippen LogP contribution is 2.16. The minimum absolute atomic E-state index is 0.329. The molecule has 2 heterocycles. The highest BCUT2D eigenvalue weighted by Gasteiger charge is 2.18. The summed E-state index contributed by atoms with van der Waals surface area (Å²) in [5.41, 5.74) is 1.31. The molecule has 3 rings (SSSR count). The van der Waals surface area contributed by atoms with Crippen LogP contribution in [0.2, 0.25) is 0 Å². The Morgan fingerprint density at radius 3 is 2.43 bits per heavy atom. The number of fused-ring (bicyclic) bond motifs is 1. The first-order valence-corrected chi connectivity index (χ1v) is 7.42. The molecule has 0 atom stereocenters. The van der Waals surface area contributed by atoms with Gasteiger partial charge in [-0.3, -0.25) is 13.9 Å². The maximum Gasteiger partial charge on any atom is 0.332 e. The van der Waals surface area contributed by atoms with Gasteiger partial charge >= 0.3 is 5.69 Å². The van der Waals surface area contributed by atoms with Crippen molar-refractivity contribution >= 4 is 17.1 Å². The van der Waals surface area contributed by atoms with E-state index in [9.17, 15) is 9.59 Å². The van der Waals surface area contributed by atoms with Gasteiger partial charge < -0.3 is 9.88 Å². The second-order valence-corrected chi connectivity index (χ2v) is 5.45. The fraction of sp³-hybridized carbons (Fsp3) is 0.312. The molecule has 0 radical (unpaired) electrons. The Morgan fingerprint density at radius 1 is 1.09 bits per heavy atom. The van der Waals surface area contributed by atoms with Crippen LogP contribution in [0.25, 0.3) is 11.2 Å². The molecule has 23 heavy (non-hydrogen) atoms. The van der Waals surface area contributed by atoms with Crippen LogP contribution in [0.15, 0.2) is 39.9 Å². The minimum Gasteiger partial charge on any atom is -0.359 e. The van der Waals surface area contributed by atoms with Gasteiger partial charge in [-0.25, -0.2) is 4.79 Å². The quantitative estimate of drug-likeness (QED) is 0.770. The summed E-state index contributed by atoms with van der Waals surface area (Å²) in [5, 5.41) is 3.00. The van der Waals surface area contributed by atoms with Crippen LogP contribution in [-0.4, -0.2) is 25.7 Å². The van der Waals surface area contributed by atoms with Crippen molar-refractivity contribution in [2.45, 2.75) is 13.0 Å². The van der Waals surface area contributed by atoms with E-state index in [1.54, 1.807) is 14.1 Å². The molecule has 0 bridgehead atoms. The summed E-state index contributed by atoms with van der Waals surface area (Å²) < 4.78 is 4.35. The molecular formula is C16H19N5O2. The smallest absolute Gasteiger partial charge is 0.332 e. The molecule has 0 aliphatic rings. The maximum absolute atomic E-state index is 12.5. The fourth-order valence-electron chi connectivity index (χ4n) is 2.74. The number of anilines is 1. The Labute approximate surface area is 132 Å². The van der Waals surface area contributed by atoms with Crippen LogP contribution < -0.4 is 16.6 Å². The average Bonchev–Trinajstić information content (AvgIpc) is 2.96. The Bertz CT molecular complexity index is 966. The lowest BCUT2D eigenvalue weighted by molar-refractivity contribution is 0.687. The maximum atomic E-state index is 12.5. The molecule has 0 saturated carbocycles. The lowest BCUT2D eigenvalue weighted by Crippen LogP contribution is -2.37. The number of nitrogens with one attached hydrogen (secondary N) is 1. The van der Waals surface area contributed by atoms with Crippen LogP contribution in [0, 0.1) is 0 Å². The number of rotatable bonds is 4. The molecule has 0 fully saturated rings. The van der Waals surface area contributed by atoms with E-state index >= 15 is 0 Å². The van der Waals surface area contributed by atoms with Crippen molar-refractivity contribution in [3.63, 3.8) is 0 Å². The van der Waals surface area contributed by atoms with Crippen LogP contribution >= 0.6 is 0 Å². The van der Waals surface area contributed by atoms with Crippen LogP contribution in [0.1, 0.15) is 5.56 Å². The fourth-order valence-corrected chi connectivity index (χ4v) is 2.74. The van der Waals surface area contributed by atoms with Crippen LogP contribution in [-0.2, 0) is 27.1 Å². The molecule has 0 spiro atoms. The summed E-state index contributed by atoms with van der Waals surface area (Å²) in [6.45, 7) is 0.601. The normalized spacial score (nSPS) is 11.1. The topological polar surface area (TPSA) is 73.8 Å². The van der Waals surface area contributed by atoms with E-state index in [0.29, 0.717) is 23.7 Å². The van der Waals surface area contributed by atoms with Crippen molar-refractivity contribution < 1.29 is 0 Å². The lowest BCUT2D eigenvalue weighted by atomic mass is 10.1. The van der Waals surface area contributed by atoms with Gasteiger partial charge in [0.25, 0.3) is 5.56 Å². The third kappa shape index (κ3) is 2.44. The van der Waals surface area contributed by atoms with Crippen molar-refractivity contribution in [3.05, 3.63) is 56.7 Å². The monoisotopic (exact) mass is 313 g/mol. The molecular weight excluding hydrogens is 294 g/mol. The zero-order valence-electron chi connectivity index (χ0n) is 13.4. The van der Waals surface area contributed by atoms with E-state index in [1.807, 2.05) is 34.9 Å². The van der Waals surface area contributed by atoms with Gasteiger partial charge in [0, 0.05) is 27.7 Å². The average molecular weight is 313 g/mol. The molecule has 3 aromatic rings. The highest BCUT2D eigenvalue weighted by atomic mass is 16.2. The molecule has 0 amide bonds. The first-order valence-electron chi connectivity index (χ1n) is 7.42. The SMILES string of the molecule is CNc1nc2c(c(=O)n(C)c(=O)n2C)n1CCc1ccccc1. The van der Waals surface area contributed by atoms with Gasteiger partial charge in [-0.1, -0.05) is 30.3 Å². The highest BCUT2D eigenvalue weighted by molar-refractivity contribution is 5.74. The van der Waals surface area contributed by atoms with Crippen LogP contribution in [0.5, 0.6) is 0 Å². The van der Waals surface area contributed by atoms with Gasteiger partial charge in [-0.15, -0.1) is 0 Å². The number of aryl methyl sites for hydroxylation is 3. The van der Waals surface area contributed by atoms with E-state index in [0.717, 1.165) is 11.0 Å². The van der Waals surface area contributed by atoms with E-state index in [2.05, 4.69) is 10.3 Å². The van der Waals surface area contributed by atoms with E-state index in [1.165, 1.54) is 17.2 Å². The number of aromatic nitrogens is 4. The van der Waals surface area contributed by atoms with Gasteiger partial charge in [0.1, 0.15) is 0 Å². The molecule has 0 aliphatic carbocycles. The Kier molecular flexibility index (Phi) is 3.77. The van der Waals surface area contributed by atoms with Gasteiger partial charge in [-0.2, -0.15) is 4.98 Å². The summed E-state index contributed by atoms with van der Waals surface area (Å²) in [4.78, 5) is 29.0. The second kappa shape index (κ2) is 5.75. The molecule has 0 aliphatic heterocycles. The summed E-state index contributed by atoms with van der Waals surface area (Å²) in [6.07, 6.45) is 0.771. The molecule has 7 heteroatoms. The Hall–Kier alpha value is -2.83. The molecule has 0 saturated heterocycles. The Balaban J connectivity index is 2.15. The largest absolute Gasteiger partial charge is 0.359 e. The third-order valence-corrected chi connectivity index (χ3v) is 4.04. The summed E-state index contributed by atoms with van der Waals surface area (Å²) in [7, 11) is 4.86. The number of benzene rings is 1. The van der Waals surface area contributed by atoms with Crippen molar-refractivity contribution in [2.75, 3.05) is 12.4 Å². The predicted octanol–water partition coefficient (Wildman–Crippen LogP) is 0.718. The predicted molar refractivity (Wildman–Crippen MR) is 89.9 cm³/mol. The second-order valence-electron chi connectivity index (χ2n) is 5.45. The number of imidazole rings is 1. The number of hydrogen-bond donors (Lipinski definition) is 1. The number of hydrogen-bond acceptors (Lipinski definition) is 4.